The Morgan fingerprint density at radius 3 is 2.76 bits per heavy atom. The first kappa shape index (κ1) is 15.8. The van der Waals surface area contributed by atoms with Crippen LogP contribution in [0.25, 0.3) is 0 Å². The lowest BCUT2D eigenvalue weighted by molar-refractivity contribution is -0.151. The molecular weight excluding hydrogens is 342 g/mol. The van der Waals surface area contributed by atoms with Crippen molar-refractivity contribution in [3.63, 3.8) is 0 Å². The molecule has 1 aliphatic rings. The number of nitrogens with zero attached hydrogens (tertiary/aromatic N) is 1. The summed E-state index contributed by atoms with van der Waals surface area (Å²) < 4.78 is 15.8. The quantitative estimate of drug-likeness (QED) is 0.766. The highest BCUT2D eigenvalue weighted by atomic mass is 79.9. The number of rotatable bonds is 3. The number of morpholine rings is 1. The van der Waals surface area contributed by atoms with Crippen molar-refractivity contribution in [2.24, 2.45) is 0 Å². The minimum absolute atomic E-state index is 0.149. The van der Waals surface area contributed by atoms with Gasteiger partial charge in [0.15, 0.2) is 6.04 Å². The maximum atomic E-state index is 12.6. The Morgan fingerprint density at radius 2 is 2.14 bits per heavy atom. The SMILES string of the molecule is COC(=O)C1COCCN1C(=O)c1ccc(OC)c(Br)c1. The molecule has 1 atom stereocenters. The molecule has 6 nitrogen and oxygen atoms in total. The summed E-state index contributed by atoms with van der Waals surface area (Å²) in [5.41, 5.74) is 0.471. The molecule has 7 heteroatoms. The number of benzene rings is 1. The van der Waals surface area contributed by atoms with Gasteiger partial charge in [-0.1, -0.05) is 0 Å². The van der Waals surface area contributed by atoms with Crippen LogP contribution in [0.15, 0.2) is 22.7 Å². The lowest BCUT2D eigenvalue weighted by Crippen LogP contribution is -2.53. The van der Waals surface area contributed by atoms with Crippen molar-refractivity contribution < 1.29 is 23.8 Å². The normalized spacial score (nSPS) is 18.2. The van der Waals surface area contributed by atoms with Crippen LogP contribution in [-0.2, 0) is 14.3 Å². The maximum Gasteiger partial charge on any atom is 0.331 e. The summed E-state index contributed by atoms with van der Waals surface area (Å²) in [5, 5.41) is 0. The van der Waals surface area contributed by atoms with Crippen molar-refractivity contribution in [1.82, 2.24) is 4.90 Å². The lowest BCUT2D eigenvalue weighted by atomic mass is 10.1. The number of hydrogen-bond acceptors (Lipinski definition) is 5. The van der Waals surface area contributed by atoms with Crippen LogP contribution < -0.4 is 4.74 Å². The molecule has 0 N–H and O–H groups in total. The Hall–Kier alpha value is -1.60. The zero-order valence-electron chi connectivity index (χ0n) is 11.8. The smallest absolute Gasteiger partial charge is 0.331 e. The van der Waals surface area contributed by atoms with E-state index in [0.717, 1.165) is 0 Å². The highest BCUT2D eigenvalue weighted by Crippen LogP contribution is 2.26. The van der Waals surface area contributed by atoms with Gasteiger partial charge in [-0.15, -0.1) is 0 Å². The van der Waals surface area contributed by atoms with Crippen molar-refractivity contribution in [2.45, 2.75) is 6.04 Å². The molecule has 1 aromatic carbocycles. The number of carbonyl (C=O) groups is 2. The highest BCUT2D eigenvalue weighted by Gasteiger charge is 2.34. The average Bonchev–Trinajstić information content (AvgIpc) is 2.53. The van der Waals surface area contributed by atoms with Crippen molar-refractivity contribution >= 4 is 27.8 Å². The molecule has 0 bridgehead atoms. The monoisotopic (exact) mass is 357 g/mol. The van der Waals surface area contributed by atoms with Crippen LogP contribution in [-0.4, -0.2) is 56.8 Å². The highest BCUT2D eigenvalue weighted by molar-refractivity contribution is 9.10. The molecule has 1 amide bonds. The van der Waals surface area contributed by atoms with Crippen LogP contribution in [0.1, 0.15) is 10.4 Å². The summed E-state index contributed by atoms with van der Waals surface area (Å²) in [6.07, 6.45) is 0. The molecule has 1 aromatic rings. The predicted molar refractivity (Wildman–Crippen MR) is 78.4 cm³/mol. The van der Waals surface area contributed by atoms with Gasteiger partial charge >= 0.3 is 5.97 Å². The number of hydrogen-bond donors (Lipinski definition) is 0. The summed E-state index contributed by atoms with van der Waals surface area (Å²) in [4.78, 5) is 25.8. The molecule has 0 saturated carbocycles. The fourth-order valence-electron chi connectivity index (χ4n) is 2.14. The van der Waals surface area contributed by atoms with Crippen LogP contribution in [0.3, 0.4) is 0 Å². The minimum atomic E-state index is -0.711. The number of carbonyl (C=O) groups excluding carboxylic acids is 2. The van der Waals surface area contributed by atoms with Crippen LogP contribution in [0, 0.1) is 0 Å². The number of esters is 1. The summed E-state index contributed by atoms with van der Waals surface area (Å²) in [6, 6.07) is 4.32. The first-order valence-electron chi connectivity index (χ1n) is 6.38. The number of ether oxygens (including phenoxy) is 3. The summed E-state index contributed by atoms with van der Waals surface area (Å²) in [7, 11) is 2.85. The van der Waals surface area contributed by atoms with Crippen molar-refractivity contribution in [1.29, 1.82) is 0 Å². The van der Waals surface area contributed by atoms with E-state index in [2.05, 4.69) is 15.9 Å². The molecule has 1 heterocycles. The van der Waals surface area contributed by atoms with Gasteiger partial charge in [-0.2, -0.15) is 0 Å². The van der Waals surface area contributed by atoms with E-state index in [0.29, 0.717) is 28.9 Å². The first-order chi connectivity index (χ1) is 10.1. The second kappa shape index (κ2) is 6.91. The molecule has 0 radical (unpaired) electrons. The van der Waals surface area contributed by atoms with Crippen LogP contribution in [0.5, 0.6) is 5.75 Å². The molecule has 2 rings (SSSR count). The van der Waals surface area contributed by atoms with Crippen molar-refractivity contribution in [3.05, 3.63) is 28.2 Å². The molecule has 114 valence electrons. The van der Waals surface area contributed by atoms with Crippen LogP contribution in [0.4, 0.5) is 0 Å². The molecule has 1 fully saturated rings. The Kier molecular flexibility index (Phi) is 5.19. The van der Waals surface area contributed by atoms with E-state index in [4.69, 9.17) is 14.2 Å². The third-order valence-electron chi connectivity index (χ3n) is 3.26. The predicted octanol–water partition coefficient (Wildman–Crippen LogP) is 1.47. The number of halogens is 1. The Balaban J connectivity index is 2.24. The van der Waals surface area contributed by atoms with E-state index in [1.807, 2.05) is 0 Å². The summed E-state index contributed by atoms with van der Waals surface area (Å²) in [5.74, 6) is -0.0780. The Bertz CT molecular complexity index is 548. The second-order valence-corrected chi connectivity index (χ2v) is 5.32. The standard InChI is InChI=1S/C14H16BrNO5/c1-19-12-4-3-9(7-10(12)15)13(17)16-5-6-21-8-11(16)14(18)20-2/h3-4,7,11H,5-6,8H2,1-2H3. The van der Waals surface area contributed by atoms with Gasteiger partial charge in [0.05, 0.1) is 31.9 Å². The van der Waals surface area contributed by atoms with Gasteiger partial charge < -0.3 is 19.1 Å². The fraction of sp³-hybridized carbons (Fsp3) is 0.429. The molecule has 21 heavy (non-hydrogen) atoms. The molecule has 0 aliphatic carbocycles. The van der Waals surface area contributed by atoms with E-state index in [-0.39, 0.29) is 12.5 Å². The van der Waals surface area contributed by atoms with Gasteiger partial charge in [-0.3, -0.25) is 4.79 Å². The number of amides is 1. The minimum Gasteiger partial charge on any atom is -0.496 e. The van der Waals surface area contributed by atoms with Gasteiger partial charge in [-0.05, 0) is 34.1 Å². The van der Waals surface area contributed by atoms with Crippen molar-refractivity contribution in [2.75, 3.05) is 34.0 Å². The average molecular weight is 358 g/mol. The van der Waals surface area contributed by atoms with Gasteiger partial charge in [0, 0.05) is 12.1 Å². The van der Waals surface area contributed by atoms with Crippen LogP contribution in [0.2, 0.25) is 0 Å². The second-order valence-electron chi connectivity index (χ2n) is 4.46. The van der Waals surface area contributed by atoms with E-state index >= 15 is 0 Å². The maximum absolute atomic E-state index is 12.6. The van der Waals surface area contributed by atoms with E-state index < -0.39 is 12.0 Å². The summed E-state index contributed by atoms with van der Waals surface area (Å²) >= 11 is 3.35. The summed E-state index contributed by atoms with van der Waals surface area (Å²) in [6.45, 7) is 0.897. The van der Waals surface area contributed by atoms with E-state index in [1.165, 1.54) is 12.0 Å². The Morgan fingerprint density at radius 1 is 1.38 bits per heavy atom. The zero-order chi connectivity index (χ0) is 15.4. The topological polar surface area (TPSA) is 65.1 Å². The molecule has 1 unspecified atom stereocenters. The largest absolute Gasteiger partial charge is 0.496 e. The molecule has 1 saturated heterocycles. The van der Waals surface area contributed by atoms with Gasteiger partial charge in [0.1, 0.15) is 5.75 Å². The third-order valence-corrected chi connectivity index (χ3v) is 3.88. The lowest BCUT2D eigenvalue weighted by Gasteiger charge is -2.33. The van der Waals surface area contributed by atoms with Gasteiger partial charge in [-0.25, -0.2) is 4.79 Å². The zero-order valence-corrected chi connectivity index (χ0v) is 13.4. The van der Waals surface area contributed by atoms with E-state index in [9.17, 15) is 9.59 Å². The van der Waals surface area contributed by atoms with Gasteiger partial charge in [0.25, 0.3) is 5.91 Å². The fourth-order valence-corrected chi connectivity index (χ4v) is 2.68. The van der Waals surface area contributed by atoms with Gasteiger partial charge in [0.2, 0.25) is 0 Å². The van der Waals surface area contributed by atoms with Crippen LogP contribution >= 0.6 is 15.9 Å². The number of methoxy groups -OCH3 is 2. The molecular formula is C14H16BrNO5. The molecule has 1 aliphatic heterocycles. The first-order valence-corrected chi connectivity index (χ1v) is 7.18. The third kappa shape index (κ3) is 3.36. The molecule has 0 aromatic heterocycles. The van der Waals surface area contributed by atoms with E-state index in [1.54, 1.807) is 25.3 Å². The molecule has 0 spiro atoms. The van der Waals surface area contributed by atoms with Crippen molar-refractivity contribution in [3.8, 4) is 5.75 Å². The Labute approximate surface area is 131 Å².